The normalized spacial score (nSPS) is 11.3. The standard InChI is InChI=1S/C11H8ClFN2O3S/c12-8-4-3-7(13)6-10(8)19(17,18)15-11-9(16)2-1-5-14-11/h1-6,16H,(H,14,15). The fourth-order valence-electron chi connectivity index (χ4n) is 1.34. The first-order valence-corrected chi connectivity index (χ1v) is 6.88. The Balaban J connectivity index is 2.44. The first kappa shape index (κ1) is 13.6. The first-order valence-electron chi connectivity index (χ1n) is 5.02. The summed E-state index contributed by atoms with van der Waals surface area (Å²) in [6, 6.07) is 5.65. The largest absolute Gasteiger partial charge is 0.504 e. The van der Waals surface area contributed by atoms with Crippen molar-refractivity contribution in [3.8, 4) is 5.75 Å². The molecule has 100 valence electrons. The number of rotatable bonds is 3. The van der Waals surface area contributed by atoms with Crippen LogP contribution in [0.3, 0.4) is 0 Å². The number of benzene rings is 1. The number of pyridine rings is 1. The highest BCUT2D eigenvalue weighted by atomic mass is 35.5. The van der Waals surface area contributed by atoms with E-state index >= 15 is 0 Å². The van der Waals surface area contributed by atoms with Crippen molar-refractivity contribution in [2.24, 2.45) is 0 Å². The maximum absolute atomic E-state index is 13.1. The minimum Gasteiger partial charge on any atom is -0.504 e. The van der Waals surface area contributed by atoms with Gasteiger partial charge in [0.05, 0.1) is 5.02 Å². The second kappa shape index (κ2) is 5.02. The topological polar surface area (TPSA) is 79.3 Å². The van der Waals surface area contributed by atoms with Crippen LogP contribution in [0.2, 0.25) is 5.02 Å². The lowest BCUT2D eigenvalue weighted by molar-refractivity contribution is 0.475. The van der Waals surface area contributed by atoms with Gasteiger partial charge in [0, 0.05) is 6.20 Å². The quantitative estimate of drug-likeness (QED) is 0.912. The molecule has 0 spiro atoms. The van der Waals surface area contributed by atoms with Gasteiger partial charge in [-0.15, -0.1) is 0 Å². The van der Waals surface area contributed by atoms with E-state index in [1.165, 1.54) is 18.3 Å². The monoisotopic (exact) mass is 302 g/mol. The number of halogens is 2. The summed E-state index contributed by atoms with van der Waals surface area (Å²) in [5.41, 5.74) is 0. The number of sulfonamides is 1. The minimum absolute atomic E-state index is 0.135. The molecule has 0 amide bonds. The van der Waals surface area contributed by atoms with Crippen LogP contribution < -0.4 is 4.72 Å². The molecule has 0 bridgehead atoms. The summed E-state index contributed by atoms with van der Waals surface area (Å²) >= 11 is 5.72. The Morgan fingerprint density at radius 2 is 2.05 bits per heavy atom. The van der Waals surface area contributed by atoms with Gasteiger partial charge in [-0.3, -0.25) is 4.72 Å². The summed E-state index contributed by atoms with van der Waals surface area (Å²) in [5.74, 6) is -1.35. The van der Waals surface area contributed by atoms with E-state index in [1.54, 1.807) is 0 Å². The van der Waals surface area contributed by atoms with Crippen LogP contribution >= 0.6 is 11.6 Å². The molecule has 0 atom stereocenters. The highest BCUT2D eigenvalue weighted by Gasteiger charge is 2.20. The molecule has 0 unspecified atom stereocenters. The predicted octanol–water partition coefficient (Wildman–Crippen LogP) is 2.38. The van der Waals surface area contributed by atoms with Crippen LogP contribution in [0.5, 0.6) is 5.75 Å². The number of nitrogens with one attached hydrogen (secondary N) is 1. The lowest BCUT2D eigenvalue weighted by Crippen LogP contribution is -2.14. The predicted molar refractivity (Wildman–Crippen MR) is 68.1 cm³/mol. The zero-order valence-corrected chi connectivity index (χ0v) is 10.9. The SMILES string of the molecule is O=S(=O)(Nc1ncccc1O)c1cc(F)ccc1Cl. The lowest BCUT2D eigenvalue weighted by Gasteiger charge is -2.09. The molecule has 0 aliphatic heterocycles. The van der Waals surface area contributed by atoms with E-state index in [4.69, 9.17) is 11.6 Å². The highest BCUT2D eigenvalue weighted by molar-refractivity contribution is 7.92. The summed E-state index contributed by atoms with van der Waals surface area (Å²) in [6.07, 6.45) is 1.30. The molecule has 2 N–H and O–H groups in total. The average molecular weight is 303 g/mol. The maximum Gasteiger partial charge on any atom is 0.264 e. The molecule has 19 heavy (non-hydrogen) atoms. The Bertz CT molecular complexity index is 722. The third-order valence-corrected chi connectivity index (χ3v) is 4.02. The van der Waals surface area contributed by atoms with Gasteiger partial charge in [-0.05, 0) is 30.3 Å². The van der Waals surface area contributed by atoms with Gasteiger partial charge in [0.25, 0.3) is 10.0 Å². The number of nitrogens with zero attached hydrogens (tertiary/aromatic N) is 1. The second-order valence-corrected chi connectivity index (χ2v) is 5.61. The van der Waals surface area contributed by atoms with Crippen LogP contribution in [0.4, 0.5) is 10.2 Å². The minimum atomic E-state index is -4.13. The van der Waals surface area contributed by atoms with E-state index in [2.05, 4.69) is 4.98 Å². The van der Waals surface area contributed by atoms with Crippen molar-refractivity contribution >= 4 is 27.4 Å². The second-order valence-electron chi connectivity index (χ2n) is 3.55. The molecular weight excluding hydrogens is 295 g/mol. The Hall–Kier alpha value is -1.86. The van der Waals surface area contributed by atoms with Crippen molar-refractivity contribution in [3.63, 3.8) is 0 Å². The smallest absolute Gasteiger partial charge is 0.264 e. The zero-order chi connectivity index (χ0) is 14.0. The Morgan fingerprint density at radius 3 is 2.74 bits per heavy atom. The molecule has 5 nitrogen and oxygen atoms in total. The Labute approximate surface area is 113 Å². The molecule has 0 radical (unpaired) electrons. The third-order valence-electron chi connectivity index (χ3n) is 2.20. The molecule has 0 aliphatic carbocycles. The van der Waals surface area contributed by atoms with E-state index in [0.29, 0.717) is 0 Å². The van der Waals surface area contributed by atoms with Crippen molar-refractivity contribution < 1.29 is 17.9 Å². The molecule has 2 aromatic rings. The molecule has 0 saturated heterocycles. The van der Waals surface area contributed by atoms with Gasteiger partial charge in [0.15, 0.2) is 11.6 Å². The number of hydrogen-bond acceptors (Lipinski definition) is 4. The lowest BCUT2D eigenvalue weighted by atomic mass is 10.3. The van der Waals surface area contributed by atoms with Crippen molar-refractivity contribution in [1.29, 1.82) is 0 Å². The zero-order valence-electron chi connectivity index (χ0n) is 9.34. The number of anilines is 1. The van der Waals surface area contributed by atoms with E-state index in [0.717, 1.165) is 18.2 Å². The fourth-order valence-corrected chi connectivity index (χ4v) is 2.88. The van der Waals surface area contributed by atoms with Gasteiger partial charge >= 0.3 is 0 Å². The summed E-state index contributed by atoms with van der Waals surface area (Å²) in [7, 11) is -4.13. The van der Waals surface area contributed by atoms with Crippen molar-refractivity contribution in [2.75, 3.05) is 4.72 Å². The van der Waals surface area contributed by atoms with Crippen molar-refractivity contribution in [3.05, 3.63) is 47.4 Å². The van der Waals surface area contributed by atoms with Crippen LogP contribution in [0, 0.1) is 5.82 Å². The van der Waals surface area contributed by atoms with Crippen LogP contribution in [0.1, 0.15) is 0 Å². The summed E-state index contributed by atoms with van der Waals surface area (Å²) < 4.78 is 39.1. The Kier molecular flexibility index (Phi) is 3.59. The molecular formula is C11H8ClFN2O3S. The first-order chi connectivity index (χ1) is 8.90. The van der Waals surface area contributed by atoms with Crippen LogP contribution in [-0.2, 0) is 10.0 Å². The van der Waals surface area contributed by atoms with Crippen LogP contribution in [0.25, 0.3) is 0 Å². The van der Waals surface area contributed by atoms with Gasteiger partial charge in [-0.25, -0.2) is 17.8 Å². The van der Waals surface area contributed by atoms with Crippen molar-refractivity contribution in [2.45, 2.75) is 4.90 Å². The van der Waals surface area contributed by atoms with E-state index in [1.807, 2.05) is 4.72 Å². The van der Waals surface area contributed by atoms with Crippen LogP contribution in [-0.4, -0.2) is 18.5 Å². The van der Waals surface area contributed by atoms with Gasteiger partial charge < -0.3 is 5.11 Å². The van der Waals surface area contributed by atoms with E-state index < -0.39 is 20.7 Å². The van der Waals surface area contributed by atoms with Gasteiger partial charge in [0.2, 0.25) is 0 Å². The van der Waals surface area contributed by atoms with Gasteiger partial charge in [-0.1, -0.05) is 11.6 Å². The fraction of sp³-hybridized carbons (Fsp3) is 0. The van der Waals surface area contributed by atoms with E-state index in [-0.39, 0.29) is 16.6 Å². The van der Waals surface area contributed by atoms with Crippen molar-refractivity contribution in [1.82, 2.24) is 4.98 Å². The van der Waals surface area contributed by atoms with Crippen LogP contribution in [0.15, 0.2) is 41.4 Å². The molecule has 1 aromatic heterocycles. The van der Waals surface area contributed by atoms with E-state index in [9.17, 15) is 17.9 Å². The highest BCUT2D eigenvalue weighted by Crippen LogP contribution is 2.26. The maximum atomic E-state index is 13.1. The summed E-state index contributed by atoms with van der Waals surface area (Å²) in [6.45, 7) is 0. The number of hydrogen-bond donors (Lipinski definition) is 2. The molecule has 0 fully saturated rings. The Morgan fingerprint density at radius 1 is 1.32 bits per heavy atom. The van der Waals surface area contributed by atoms with Gasteiger partial charge in [-0.2, -0.15) is 0 Å². The molecule has 1 aromatic carbocycles. The number of aromatic nitrogens is 1. The summed E-state index contributed by atoms with van der Waals surface area (Å²) in [5, 5.41) is 9.31. The number of aromatic hydroxyl groups is 1. The molecule has 8 heteroatoms. The molecule has 2 rings (SSSR count). The summed E-state index contributed by atoms with van der Waals surface area (Å²) in [4.78, 5) is 3.23. The molecule has 0 saturated carbocycles. The van der Waals surface area contributed by atoms with Gasteiger partial charge in [0.1, 0.15) is 10.7 Å². The third kappa shape index (κ3) is 2.94. The average Bonchev–Trinajstić information content (AvgIpc) is 2.35. The molecule has 1 heterocycles. The molecule has 0 aliphatic rings.